The highest BCUT2D eigenvalue weighted by molar-refractivity contribution is 8.00. The summed E-state index contributed by atoms with van der Waals surface area (Å²) in [6.45, 7) is 6.65. The van der Waals surface area contributed by atoms with Crippen LogP contribution < -0.4 is 5.73 Å². The molecular weight excluding hydrogens is 224 g/mol. The second kappa shape index (κ2) is 5.89. The standard InChI is InChI=1S/C11H22N2O2S/c1-11(2)4-5-13(6-7-16-11)9(8-12)10(14)15-3/h9H,4-8,12H2,1-3H3. The highest BCUT2D eigenvalue weighted by Gasteiger charge is 2.30. The molecule has 1 rings (SSSR count). The zero-order chi connectivity index (χ0) is 12.2. The molecule has 1 atom stereocenters. The minimum Gasteiger partial charge on any atom is -0.468 e. The molecule has 2 N–H and O–H groups in total. The zero-order valence-corrected chi connectivity index (χ0v) is 11.2. The Kier molecular flexibility index (Phi) is 5.08. The van der Waals surface area contributed by atoms with Gasteiger partial charge in [-0.2, -0.15) is 11.8 Å². The van der Waals surface area contributed by atoms with E-state index in [0.29, 0.717) is 11.3 Å². The Morgan fingerprint density at radius 3 is 2.81 bits per heavy atom. The van der Waals surface area contributed by atoms with Crippen molar-refractivity contribution in [2.45, 2.75) is 31.1 Å². The van der Waals surface area contributed by atoms with Crippen molar-refractivity contribution in [3.8, 4) is 0 Å². The van der Waals surface area contributed by atoms with Crippen molar-refractivity contribution in [1.82, 2.24) is 4.90 Å². The van der Waals surface area contributed by atoms with Gasteiger partial charge in [-0.3, -0.25) is 9.69 Å². The molecule has 16 heavy (non-hydrogen) atoms. The summed E-state index contributed by atoms with van der Waals surface area (Å²) in [7, 11) is 1.42. The summed E-state index contributed by atoms with van der Waals surface area (Å²) in [6, 6.07) is -0.278. The molecule has 0 aromatic rings. The van der Waals surface area contributed by atoms with Gasteiger partial charge in [0.25, 0.3) is 0 Å². The smallest absolute Gasteiger partial charge is 0.324 e. The molecule has 1 heterocycles. The minimum atomic E-state index is -0.278. The van der Waals surface area contributed by atoms with E-state index in [0.717, 1.165) is 25.3 Å². The second-order valence-electron chi connectivity index (χ2n) is 4.67. The number of thioether (sulfide) groups is 1. The van der Waals surface area contributed by atoms with Gasteiger partial charge in [0.05, 0.1) is 7.11 Å². The molecule has 0 spiro atoms. The first-order valence-corrected chi connectivity index (χ1v) is 6.64. The summed E-state index contributed by atoms with van der Waals surface area (Å²) in [5.74, 6) is 0.827. The van der Waals surface area contributed by atoms with Gasteiger partial charge >= 0.3 is 5.97 Å². The normalized spacial score (nSPS) is 23.5. The lowest BCUT2D eigenvalue weighted by molar-refractivity contribution is -0.146. The van der Waals surface area contributed by atoms with Crippen LogP contribution in [0.5, 0.6) is 0 Å². The predicted octanol–water partition coefficient (Wildman–Crippen LogP) is 0.704. The maximum atomic E-state index is 11.6. The topological polar surface area (TPSA) is 55.6 Å². The van der Waals surface area contributed by atoms with Crippen LogP contribution in [-0.4, -0.2) is 54.2 Å². The average Bonchev–Trinajstić information content (AvgIpc) is 2.41. The van der Waals surface area contributed by atoms with Gasteiger partial charge in [0.15, 0.2) is 0 Å². The largest absolute Gasteiger partial charge is 0.468 e. The number of rotatable bonds is 3. The third-order valence-electron chi connectivity index (χ3n) is 3.01. The fourth-order valence-corrected chi connectivity index (χ4v) is 2.99. The molecule has 4 nitrogen and oxygen atoms in total. The second-order valence-corrected chi connectivity index (χ2v) is 6.47. The lowest BCUT2D eigenvalue weighted by Crippen LogP contribution is -2.47. The molecule has 5 heteroatoms. The molecule has 0 aromatic heterocycles. The van der Waals surface area contributed by atoms with E-state index in [1.165, 1.54) is 7.11 Å². The van der Waals surface area contributed by atoms with Crippen LogP contribution in [0.15, 0.2) is 0 Å². The molecule has 0 amide bonds. The van der Waals surface area contributed by atoms with Gasteiger partial charge in [0, 0.05) is 30.1 Å². The molecule has 1 unspecified atom stereocenters. The van der Waals surface area contributed by atoms with Crippen LogP contribution in [0, 0.1) is 0 Å². The average molecular weight is 246 g/mol. The Labute approximate surface area is 102 Å². The van der Waals surface area contributed by atoms with Crippen LogP contribution in [0.4, 0.5) is 0 Å². The highest BCUT2D eigenvalue weighted by Crippen LogP contribution is 2.31. The fourth-order valence-electron chi connectivity index (χ4n) is 1.88. The fraction of sp³-hybridized carbons (Fsp3) is 0.909. The van der Waals surface area contributed by atoms with E-state index in [4.69, 9.17) is 10.5 Å². The summed E-state index contributed by atoms with van der Waals surface area (Å²) in [5, 5.41) is 0. The van der Waals surface area contributed by atoms with Crippen molar-refractivity contribution in [3.63, 3.8) is 0 Å². The van der Waals surface area contributed by atoms with Crippen LogP contribution in [0.1, 0.15) is 20.3 Å². The molecule has 0 aliphatic carbocycles. The lowest BCUT2D eigenvalue weighted by atomic mass is 10.1. The van der Waals surface area contributed by atoms with Gasteiger partial charge in [0.1, 0.15) is 6.04 Å². The van der Waals surface area contributed by atoms with Crippen LogP contribution >= 0.6 is 11.8 Å². The molecular formula is C11H22N2O2S. The number of hydrogen-bond donors (Lipinski definition) is 1. The molecule has 1 saturated heterocycles. The number of hydrogen-bond acceptors (Lipinski definition) is 5. The van der Waals surface area contributed by atoms with Crippen molar-refractivity contribution in [2.24, 2.45) is 5.73 Å². The van der Waals surface area contributed by atoms with Crippen LogP contribution in [-0.2, 0) is 9.53 Å². The Bertz CT molecular complexity index is 246. The van der Waals surface area contributed by atoms with Crippen LogP contribution in [0.25, 0.3) is 0 Å². The van der Waals surface area contributed by atoms with E-state index in [1.807, 2.05) is 11.8 Å². The SMILES string of the molecule is COC(=O)C(CN)N1CCSC(C)(C)CC1. The van der Waals surface area contributed by atoms with E-state index < -0.39 is 0 Å². The number of ether oxygens (including phenoxy) is 1. The number of carbonyl (C=O) groups is 1. The lowest BCUT2D eigenvalue weighted by Gasteiger charge is -2.27. The van der Waals surface area contributed by atoms with Gasteiger partial charge in [-0.25, -0.2) is 0 Å². The molecule has 94 valence electrons. The first-order chi connectivity index (χ1) is 7.50. The minimum absolute atomic E-state index is 0.216. The number of esters is 1. The van der Waals surface area contributed by atoms with Crippen molar-refractivity contribution in [3.05, 3.63) is 0 Å². The maximum absolute atomic E-state index is 11.6. The van der Waals surface area contributed by atoms with Gasteiger partial charge in [-0.1, -0.05) is 13.8 Å². The van der Waals surface area contributed by atoms with Gasteiger partial charge < -0.3 is 10.5 Å². The number of nitrogens with two attached hydrogens (primary N) is 1. The highest BCUT2D eigenvalue weighted by atomic mass is 32.2. The molecule has 0 radical (unpaired) electrons. The van der Waals surface area contributed by atoms with E-state index >= 15 is 0 Å². The summed E-state index contributed by atoms with van der Waals surface area (Å²) >= 11 is 1.96. The number of methoxy groups -OCH3 is 1. The summed E-state index contributed by atoms with van der Waals surface area (Å²) in [6.07, 6.45) is 1.07. The van der Waals surface area contributed by atoms with E-state index in [9.17, 15) is 4.79 Å². The quantitative estimate of drug-likeness (QED) is 0.743. The molecule has 1 fully saturated rings. The van der Waals surface area contributed by atoms with E-state index in [2.05, 4.69) is 18.7 Å². The summed E-state index contributed by atoms with van der Waals surface area (Å²) in [5.41, 5.74) is 5.65. The predicted molar refractivity (Wildman–Crippen MR) is 67.6 cm³/mol. The van der Waals surface area contributed by atoms with Gasteiger partial charge in [0.2, 0.25) is 0 Å². The van der Waals surface area contributed by atoms with Crippen LogP contribution in [0.2, 0.25) is 0 Å². The first-order valence-electron chi connectivity index (χ1n) is 5.66. The van der Waals surface area contributed by atoms with E-state index in [-0.39, 0.29) is 12.0 Å². The number of carbonyl (C=O) groups excluding carboxylic acids is 1. The van der Waals surface area contributed by atoms with Crippen molar-refractivity contribution < 1.29 is 9.53 Å². The van der Waals surface area contributed by atoms with E-state index in [1.54, 1.807) is 0 Å². The molecule has 0 bridgehead atoms. The molecule has 0 saturated carbocycles. The molecule has 0 aromatic carbocycles. The maximum Gasteiger partial charge on any atom is 0.324 e. The summed E-state index contributed by atoms with van der Waals surface area (Å²) in [4.78, 5) is 13.7. The van der Waals surface area contributed by atoms with Gasteiger partial charge in [-0.15, -0.1) is 0 Å². The monoisotopic (exact) mass is 246 g/mol. The van der Waals surface area contributed by atoms with Crippen molar-refractivity contribution in [1.29, 1.82) is 0 Å². The number of nitrogens with zero attached hydrogens (tertiary/aromatic N) is 1. The third kappa shape index (κ3) is 3.64. The Morgan fingerprint density at radius 2 is 2.25 bits per heavy atom. The Hall–Kier alpha value is -0.260. The molecule has 1 aliphatic heterocycles. The zero-order valence-electron chi connectivity index (χ0n) is 10.4. The third-order valence-corrected chi connectivity index (χ3v) is 4.38. The van der Waals surface area contributed by atoms with Crippen molar-refractivity contribution in [2.75, 3.05) is 32.5 Å². The summed E-state index contributed by atoms with van der Waals surface area (Å²) < 4.78 is 5.08. The molecule has 1 aliphatic rings. The first kappa shape index (κ1) is 13.8. The van der Waals surface area contributed by atoms with Crippen molar-refractivity contribution >= 4 is 17.7 Å². The Morgan fingerprint density at radius 1 is 1.56 bits per heavy atom. The van der Waals surface area contributed by atoms with Crippen LogP contribution in [0.3, 0.4) is 0 Å². The Balaban J connectivity index is 2.62. The van der Waals surface area contributed by atoms with Gasteiger partial charge in [-0.05, 0) is 6.42 Å².